The van der Waals surface area contributed by atoms with Crippen molar-refractivity contribution in [1.82, 2.24) is 25.1 Å². The number of rotatable bonds is 9. The lowest BCUT2D eigenvalue weighted by Crippen LogP contribution is -2.54. The van der Waals surface area contributed by atoms with E-state index >= 15 is 0 Å². The van der Waals surface area contributed by atoms with Gasteiger partial charge in [0.2, 0.25) is 0 Å². The van der Waals surface area contributed by atoms with Gasteiger partial charge < -0.3 is 26.4 Å². The van der Waals surface area contributed by atoms with E-state index in [1.807, 2.05) is 12.1 Å². The second-order valence-electron chi connectivity index (χ2n) is 11.2. The lowest BCUT2D eigenvalue weighted by atomic mass is 9.97. The summed E-state index contributed by atoms with van der Waals surface area (Å²) in [6.07, 6.45) is 9.00. The highest BCUT2D eigenvalue weighted by molar-refractivity contribution is 5.96. The van der Waals surface area contributed by atoms with E-state index in [1.54, 1.807) is 37.1 Å². The van der Waals surface area contributed by atoms with E-state index in [-0.39, 0.29) is 29.5 Å². The molecule has 1 aliphatic heterocycles. The fourth-order valence-electron chi connectivity index (χ4n) is 5.07. The lowest BCUT2D eigenvalue weighted by molar-refractivity contribution is 0.0577. The molecule has 2 aliphatic rings. The highest BCUT2D eigenvalue weighted by Crippen LogP contribution is 2.39. The molecule has 2 atom stereocenters. The van der Waals surface area contributed by atoms with E-state index < -0.39 is 11.5 Å². The number of benzene rings is 1. The molecule has 2 aromatic heterocycles. The number of aliphatic hydroxyl groups is 1. The second-order valence-corrected chi connectivity index (χ2v) is 11.2. The molecule has 0 unspecified atom stereocenters. The minimum absolute atomic E-state index is 0.0122. The minimum atomic E-state index is -0.933. The van der Waals surface area contributed by atoms with Crippen LogP contribution in [0.1, 0.15) is 78.8 Å². The van der Waals surface area contributed by atoms with Crippen molar-refractivity contribution in [2.75, 3.05) is 16.8 Å². The fraction of sp³-hybridized carbons (Fsp3) is 0.464. The van der Waals surface area contributed by atoms with E-state index in [4.69, 9.17) is 10.7 Å². The normalized spacial score (nSPS) is 19.5. The smallest absolute Gasteiger partial charge is 0.271 e. The maximum absolute atomic E-state index is 13.0. The van der Waals surface area contributed by atoms with Gasteiger partial charge in [-0.3, -0.25) is 14.3 Å². The zero-order valence-corrected chi connectivity index (χ0v) is 22.6. The average molecular weight is 533 g/mol. The van der Waals surface area contributed by atoms with Gasteiger partial charge in [-0.05, 0) is 70.1 Å². The molecule has 1 saturated carbocycles. The monoisotopic (exact) mass is 532 g/mol. The van der Waals surface area contributed by atoms with E-state index in [0.717, 1.165) is 19.4 Å². The molecule has 2 fully saturated rings. The molecule has 0 bridgehead atoms. The van der Waals surface area contributed by atoms with Gasteiger partial charge in [0.05, 0.1) is 30.2 Å². The van der Waals surface area contributed by atoms with Crippen LogP contribution >= 0.6 is 0 Å². The number of carbonyl (C=O) groups excluding carboxylic acids is 2. The zero-order chi connectivity index (χ0) is 27.7. The van der Waals surface area contributed by atoms with Gasteiger partial charge in [-0.1, -0.05) is 12.1 Å². The maximum atomic E-state index is 13.0. The second kappa shape index (κ2) is 10.6. The maximum Gasteiger partial charge on any atom is 0.271 e. The summed E-state index contributed by atoms with van der Waals surface area (Å²) in [4.78, 5) is 36.2. The van der Waals surface area contributed by atoms with Gasteiger partial charge in [0, 0.05) is 30.4 Å². The van der Waals surface area contributed by atoms with Gasteiger partial charge in [-0.2, -0.15) is 5.10 Å². The van der Waals surface area contributed by atoms with Gasteiger partial charge in [0.15, 0.2) is 11.5 Å². The van der Waals surface area contributed by atoms with Crippen LogP contribution in [0.25, 0.3) is 0 Å². The molecule has 11 nitrogen and oxygen atoms in total. The third kappa shape index (κ3) is 6.36. The highest BCUT2D eigenvalue weighted by atomic mass is 16.3. The number of nitrogens with zero attached hydrogens (tertiary/aromatic N) is 5. The first kappa shape index (κ1) is 26.6. The number of hydrogen-bond acceptors (Lipinski definition) is 8. The Morgan fingerprint density at radius 1 is 1.15 bits per heavy atom. The SMILES string of the molecule is C[C@@H]1[C@H](NC(=O)c2ccc(C3CC3)cc2)CCCN1c1cnc(C(N)=O)c(Nc2cnn(CC(C)(C)O)c2)n1. The highest BCUT2D eigenvalue weighted by Gasteiger charge is 2.31. The molecule has 39 heavy (non-hydrogen) atoms. The fourth-order valence-corrected chi connectivity index (χ4v) is 5.07. The summed E-state index contributed by atoms with van der Waals surface area (Å²) < 4.78 is 1.60. The van der Waals surface area contributed by atoms with E-state index in [1.165, 1.54) is 18.4 Å². The number of aromatic nitrogens is 4. The van der Waals surface area contributed by atoms with Crippen molar-refractivity contribution in [1.29, 1.82) is 0 Å². The van der Waals surface area contributed by atoms with Crippen LogP contribution in [-0.2, 0) is 6.54 Å². The molecular weight excluding hydrogens is 496 g/mol. The van der Waals surface area contributed by atoms with Gasteiger partial charge in [0.1, 0.15) is 5.82 Å². The summed E-state index contributed by atoms with van der Waals surface area (Å²) in [6.45, 7) is 6.48. The van der Waals surface area contributed by atoms with E-state index in [9.17, 15) is 14.7 Å². The molecule has 1 aliphatic carbocycles. The van der Waals surface area contributed by atoms with Crippen LogP contribution < -0.4 is 21.3 Å². The summed E-state index contributed by atoms with van der Waals surface area (Å²) in [5, 5.41) is 20.6. The molecular formula is C28H36N8O3. The predicted molar refractivity (Wildman–Crippen MR) is 148 cm³/mol. The van der Waals surface area contributed by atoms with Crippen molar-refractivity contribution >= 4 is 29.1 Å². The van der Waals surface area contributed by atoms with Crippen molar-refractivity contribution in [2.24, 2.45) is 5.73 Å². The molecule has 0 spiro atoms. The summed E-state index contributed by atoms with van der Waals surface area (Å²) in [6, 6.07) is 7.80. The van der Waals surface area contributed by atoms with Crippen LogP contribution in [0.5, 0.6) is 0 Å². The third-order valence-electron chi connectivity index (χ3n) is 7.26. The van der Waals surface area contributed by atoms with Gasteiger partial charge >= 0.3 is 0 Å². The van der Waals surface area contributed by atoms with Gasteiger partial charge in [-0.15, -0.1) is 0 Å². The van der Waals surface area contributed by atoms with Crippen molar-refractivity contribution in [3.63, 3.8) is 0 Å². The third-order valence-corrected chi connectivity index (χ3v) is 7.26. The number of nitrogens with two attached hydrogens (primary N) is 1. The van der Waals surface area contributed by atoms with Crippen LogP contribution in [-0.4, -0.2) is 60.9 Å². The topological polar surface area (TPSA) is 151 Å². The number of carbonyl (C=O) groups is 2. The largest absolute Gasteiger partial charge is 0.389 e. The Kier molecular flexibility index (Phi) is 7.26. The van der Waals surface area contributed by atoms with Crippen LogP contribution in [0, 0.1) is 0 Å². The zero-order valence-electron chi connectivity index (χ0n) is 22.6. The summed E-state index contributed by atoms with van der Waals surface area (Å²) in [5.41, 5.74) is 7.20. The molecule has 2 amide bonds. The molecule has 5 N–H and O–H groups in total. The molecule has 11 heteroatoms. The van der Waals surface area contributed by atoms with E-state index in [2.05, 4.69) is 44.7 Å². The lowest BCUT2D eigenvalue weighted by Gasteiger charge is -2.40. The Balaban J connectivity index is 1.31. The van der Waals surface area contributed by atoms with Crippen LogP contribution in [0.2, 0.25) is 0 Å². The summed E-state index contributed by atoms with van der Waals surface area (Å²) in [5.74, 6) is 0.657. The summed E-state index contributed by atoms with van der Waals surface area (Å²) >= 11 is 0. The predicted octanol–water partition coefficient (Wildman–Crippen LogP) is 2.95. The number of amides is 2. The van der Waals surface area contributed by atoms with Gasteiger partial charge in [0.25, 0.3) is 11.8 Å². The van der Waals surface area contributed by atoms with Crippen molar-refractivity contribution in [3.05, 3.63) is 59.7 Å². The first-order valence-electron chi connectivity index (χ1n) is 13.4. The Hall–Kier alpha value is -3.99. The molecule has 3 aromatic rings. The Morgan fingerprint density at radius 3 is 2.56 bits per heavy atom. The average Bonchev–Trinajstić information content (AvgIpc) is 3.65. The molecule has 3 heterocycles. The Labute approximate surface area is 227 Å². The first-order chi connectivity index (χ1) is 18.6. The van der Waals surface area contributed by atoms with Crippen LogP contribution in [0.4, 0.5) is 17.3 Å². The van der Waals surface area contributed by atoms with Crippen molar-refractivity contribution < 1.29 is 14.7 Å². The van der Waals surface area contributed by atoms with Crippen LogP contribution in [0.15, 0.2) is 42.9 Å². The number of nitrogens with one attached hydrogen (secondary N) is 2. The molecule has 1 saturated heterocycles. The molecule has 1 aromatic carbocycles. The molecule has 5 rings (SSSR count). The quantitative estimate of drug-likeness (QED) is 0.328. The number of hydrogen-bond donors (Lipinski definition) is 4. The van der Waals surface area contributed by atoms with Crippen molar-refractivity contribution in [2.45, 2.75) is 76.6 Å². The molecule has 206 valence electrons. The summed E-state index contributed by atoms with van der Waals surface area (Å²) in [7, 11) is 0. The Bertz CT molecular complexity index is 1340. The number of piperidine rings is 1. The first-order valence-corrected chi connectivity index (χ1v) is 13.4. The minimum Gasteiger partial charge on any atom is -0.389 e. The number of primary amides is 1. The van der Waals surface area contributed by atoms with Crippen molar-refractivity contribution in [3.8, 4) is 0 Å². The number of anilines is 3. The van der Waals surface area contributed by atoms with E-state index in [0.29, 0.717) is 29.5 Å². The van der Waals surface area contributed by atoms with Gasteiger partial charge in [-0.25, -0.2) is 9.97 Å². The standard InChI is InChI=1S/C28H36N8O3/c1-17-22(33-27(38)20-10-8-19(9-11-20)18-6-7-18)5-4-12-36(17)23-14-30-24(25(29)37)26(34-23)32-21-13-31-35(15-21)16-28(2,3)39/h8-11,13-15,17-18,22,39H,4-7,12,16H2,1-3H3,(H2,29,37)(H,32,34)(H,33,38)/t17-,22-/m1/s1. The van der Waals surface area contributed by atoms with Crippen LogP contribution in [0.3, 0.4) is 0 Å². The Morgan fingerprint density at radius 2 is 1.90 bits per heavy atom. The molecule has 0 radical (unpaired) electrons.